The average Bonchev–Trinajstić information content (AvgIpc) is 2.26. The summed E-state index contributed by atoms with van der Waals surface area (Å²) in [5.74, 6) is -6.68. The minimum atomic E-state index is -2.46. The fraction of sp³-hybridized carbons (Fsp3) is 0.254. The molecule has 1 aliphatic heterocycles. The zero-order chi connectivity index (χ0) is 56.7. The maximum atomic E-state index is 17.2. The summed E-state index contributed by atoms with van der Waals surface area (Å²) in [6.45, 7) is 10.6. The number of amides is 1. The molecule has 0 radical (unpaired) electrons. The van der Waals surface area contributed by atoms with Crippen LogP contribution < -0.4 is 18.7 Å². The van der Waals surface area contributed by atoms with Crippen LogP contribution in [0, 0.1) is 40.5 Å². The summed E-state index contributed by atoms with van der Waals surface area (Å²) in [6, 6.07) is 30.1. The number of ether oxygens (including phenoxy) is 3. The van der Waals surface area contributed by atoms with E-state index < -0.39 is 51.5 Å². The molecule has 2 aromatic heterocycles. The molecule has 3 heterocycles. The number of hydrogen-bond acceptors (Lipinski definition) is 8. The maximum absolute atomic E-state index is 17.2. The molecule has 1 amide bonds. The lowest BCUT2D eigenvalue weighted by Gasteiger charge is -2.50. The van der Waals surface area contributed by atoms with Gasteiger partial charge in [-0.05, 0) is 114 Å². The number of quaternary nitrogens is 1. The number of carbonyl (C=O) groups excluding carboxylic acids is 3. The van der Waals surface area contributed by atoms with Crippen molar-refractivity contribution in [2.75, 3.05) is 21.3 Å². The Kier molecular flexibility index (Phi) is 14.2. The number of carbonyl (C=O) groups is 5. The van der Waals surface area contributed by atoms with Gasteiger partial charge in [0.05, 0.1) is 64.1 Å². The van der Waals surface area contributed by atoms with Crippen LogP contribution in [0.1, 0.15) is 114 Å². The minimum absolute atomic E-state index is 0.00472. The third-order valence-corrected chi connectivity index (χ3v) is 17.3. The van der Waals surface area contributed by atoms with Crippen LogP contribution >= 0.6 is 34.8 Å². The highest BCUT2D eigenvalue weighted by molar-refractivity contribution is 6.34. The number of aliphatic carboxylic acids is 2. The van der Waals surface area contributed by atoms with Crippen molar-refractivity contribution >= 4 is 97.5 Å². The topological polar surface area (TPSA) is 163 Å². The minimum Gasteiger partial charge on any atom is -0.495 e. The third-order valence-electron chi connectivity index (χ3n) is 16.4. The largest absolute Gasteiger partial charge is 0.495 e. The summed E-state index contributed by atoms with van der Waals surface area (Å²) in [7, 11) is 4.25. The number of halogens is 3. The van der Waals surface area contributed by atoms with E-state index in [2.05, 4.69) is 0 Å². The highest BCUT2D eigenvalue weighted by Crippen LogP contribution is 2.64. The van der Waals surface area contributed by atoms with Crippen LogP contribution in [0.25, 0.3) is 27.4 Å². The summed E-state index contributed by atoms with van der Waals surface area (Å²) >= 11 is 21.1. The van der Waals surface area contributed by atoms with Crippen LogP contribution in [0.4, 0.5) is 5.69 Å². The molecular formula is C63H57Cl3N3O10+. The van der Waals surface area contributed by atoms with E-state index in [0.717, 1.165) is 16.7 Å². The monoisotopic (exact) mass is 1120 g/mol. The first-order valence-electron chi connectivity index (χ1n) is 25.8. The van der Waals surface area contributed by atoms with Gasteiger partial charge in [-0.25, -0.2) is 9.59 Å². The third kappa shape index (κ3) is 8.18. The summed E-state index contributed by atoms with van der Waals surface area (Å²) in [6.07, 6.45) is 1.76. The van der Waals surface area contributed by atoms with E-state index >= 15 is 19.2 Å². The predicted molar refractivity (Wildman–Crippen MR) is 308 cm³/mol. The van der Waals surface area contributed by atoms with Crippen molar-refractivity contribution in [3.63, 3.8) is 0 Å². The van der Waals surface area contributed by atoms with Crippen LogP contribution in [0.3, 0.4) is 0 Å². The van der Waals surface area contributed by atoms with E-state index in [4.69, 9.17) is 49.0 Å². The van der Waals surface area contributed by atoms with Gasteiger partial charge in [0, 0.05) is 63.3 Å². The van der Waals surface area contributed by atoms with Gasteiger partial charge in [-0.15, -0.1) is 0 Å². The van der Waals surface area contributed by atoms with Crippen molar-refractivity contribution in [3.8, 4) is 17.2 Å². The van der Waals surface area contributed by atoms with Gasteiger partial charge in [0.2, 0.25) is 5.54 Å². The Balaban J connectivity index is 1.43. The Morgan fingerprint density at radius 2 is 1.01 bits per heavy atom. The molecule has 10 rings (SSSR count). The molecule has 8 aromatic rings. The zero-order valence-electron chi connectivity index (χ0n) is 45.0. The first-order chi connectivity index (χ1) is 37.7. The lowest BCUT2D eigenvalue weighted by molar-refractivity contribution is -0.153. The van der Waals surface area contributed by atoms with Gasteiger partial charge in [-0.2, -0.15) is 4.48 Å². The molecule has 1 fully saturated rings. The summed E-state index contributed by atoms with van der Waals surface area (Å²) < 4.78 is 19.2. The smallest absolute Gasteiger partial charge is 0.372 e. The van der Waals surface area contributed by atoms with E-state index in [1.54, 1.807) is 112 Å². The second-order valence-electron chi connectivity index (χ2n) is 20.6. The number of benzene rings is 6. The first-order valence-corrected chi connectivity index (χ1v) is 26.9. The summed E-state index contributed by atoms with van der Waals surface area (Å²) in [5, 5.41) is 26.2. The molecule has 3 atom stereocenters. The van der Waals surface area contributed by atoms with Crippen LogP contribution in [0.5, 0.6) is 17.2 Å². The van der Waals surface area contributed by atoms with E-state index in [9.17, 15) is 15.0 Å². The molecule has 0 saturated heterocycles. The number of hydrogen-bond donors (Lipinski definition) is 2. The Hall–Kier alpha value is -7.68. The molecule has 2 N–H and O–H groups in total. The van der Waals surface area contributed by atoms with Gasteiger partial charge >= 0.3 is 17.8 Å². The van der Waals surface area contributed by atoms with E-state index in [-0.39, 0.29) is 99.3 Å². The molecule has 6 aromatic carbocycles. The summed E-state index contributed by atoms with van der Waals surface area (Å²) in [5.41, 5.74) is 2.38. The molecule has 1 aliphatic carbocycles. The number of carboxylic acid groups (broad SMARTS) is 2. The lowest BCUT2D eigenvalue weighted by atomic mass is 9.71. The van der Waals surface area contributed by atoms with E-state index in [1.807, 2.05) is 32.9 Å². The number of carboxylic acids is 2. The highest BCUT2D eigenvalue weighted by Gasteiger charge is 2.73. The van der Waals surface area contributed by atoms with E-state index in [0.29, 0.717) is 42.2 Å². The Bertz CT molecular complexity index is 3930. The highest BCUT2D eigenvalue weighted by atomic mass is 35.5. The maximum Gasteiger partial charge on any atom is 0.372 e. The number of nitrogens with zero attached hydrogens (tertiary/aromatic N) is 3. The van der Waals surface area contributed by atoms with Crippen molar-refractivity contribution < 1.29 is 48.4 Å². The number of fused-ring (bicyclic) bond motifs is 3. The second-order valence-corrected chi connectivity index (χ2v) is 21.9. The normalized spacial score (nSPS) is 16.5. The number of allylic oxidation sites excluding steroid dienone is 1. The molecule has 3 unspecified atom stereocenters. The molecule has 16 heteroatoms. The van der Waals surface area contributed by atoms with Gasteiger partial charge < -0.3 is 24.4 Å². The number of rotatable bonds is 13. The molecule has 404 valence electrons. The molecule has 0 spiro atoms. The Labute approximate surface area is 471 Å². The number of aryl methyl sites for hydroxylation is 3. The summed E-state index contributed by atoms with van der Waals surface area (Å²) in [4.78, 5) is 78.6. The van der Waals surface area contributed by atoms with Gasteiger partial charge in [-0.3, -0.25) is 23.5 Å². The quantitative estimate of drug-likeness (QED) is 0.106. The van der Waals surface area contributed by atoms with Crippen molar-refractivity contribution in [2.45, 2.75) is 78.7 Å². The van der Waals surface area contributed by atoms with Crippen molar-refractivity contribution in [2.24, 2.45) is 5.92 Å². The Morgan fingerprint density at radius 1 is 0.582 bits per heavy atom. The van der Waals surface area contributed by atoms with Crippen LogP contribution in [-0.2, 0) is 15.1 Å². The van der Waals surface area contributed by atoms with Crippen molar-refractivity contribution in [3.05, 3.63) is 191 Å². The SMILES string of the molecule is COc1cc2c(cc1Cl)[N+](C(=O)c1ccc(C)cc1)(C(C(=O)O)(c1c(C)n(C(=O)c3ccc(C)cc3)c3cc(Cl)c(OC)cc13)C1CCCC1)C(C)=C2C(C(=O)O)c1c(C)n(C(=O)c2ccc(C)cc2)c2cc(Cl)c(OC)cc12. The van der Waals surface area contributed by atoms with Crippen molar-refractivity contribution in [1.29, 1.82) is 0 Å². The standard InChI is InChI=1S/C63H56Cl3N3O10/c1-32-14-20-38(21-15-32)58(70)67-35(4)54(42-26-51(77-7)45(64)29-48(42)67)56(61(73)74)55-37(6)69(60(72)40-24-18-34(3)19-25-40,50-31-47(66)53(79-9)28-44(50)55)63(62(75)76,41-12-10-11-13-41)57-36(5)68(59(71)39-22-16-33(2)17-23-39)49-30-46(65)52(78-8)27-43(49)57/h14-31,41,56H,10-13H2,1-9H3,(H-,73,74,75,76)/p+1. The molecule has 2 aliphatic rings. The Morgan fingerprint density at radius 3 is 1.48 bits per heavy atom. The first kappa shape index (κ1) is 54.7. The molecule has 0 bridgehead atoms. The number of aromatic nitrogens is 2. The molecular weight excluding hydrogens is 1070 g/mol. The fourth-order valence-electron chi connectivity index (χ4n) is 12.9. The van der Waals surface area contributed by atoms with Gasteiger partial charge in [-0.1, -0.05) is 101 Å². The fourth-order valence-corrected chi connectivity index (χ4v) is 13.6. The zero-order valence-corrected chi connectivity index (χ0v) is 47.3. The van der Waals surface area contributed by atoms with Gasteiger partial charge in [0.15, 0.2) is 5.69 Å². The van der Waals surface area contributed by atoms with Crippen LogP contribution in [0.2, 0.25) is 15.1 Å². The number of methoxy groups -OCH3 is 3. The van der Waals surface area contributed by atoms with Crippen molar-refractivity contribution in [1.82, 2.24) is 13.6 Å². The average molecular weight is 1120 g/mol. The van der Waals surface area contributed by atoms with Gasteiger partial charge in [0.25, 0.3) is 11.8 Å². The van der Waals surface area contributed by atoms with E-state index in [1.165, 1.54) is 36.5 Å². The van der Waals surface area contributed by atoms with Crippen LogP contribution in [0.15, 0.2) is 115 Å². The van der Waals surface area contributed by atoms with Gasteiger partial charge in [0.1, 0.15) is 28.9 Å². The molecule has 1 saturated carbocycles. The predicted octanol–water partition coefficient (Wildman–Crippen LogP) is 14.4. The molecule has 13 nitrogen and oxygen atoms in total. The lowest BCUT2D eigenvalue weighted by Crippen LogP contribution is -2.71. The molecule has 79 heavy (non-hydrogen) atoms. The van der Waals surface area contributed by atoms with Crippen LogP contribution in [-0.4, -0.2) is 70.3 Å². The second kappa shape index (κ2) is 20.5.